The number of hydrogen-bond acceptors (Lipinski definition) is 8. The number of rotatable bonds is 4. The zero-order chi connectivity index (χ0) is 19.8. The molecule has 2 aromatic heterocycles. The van der Waals surface area contributed by atoms with Crippen LogP contribution in [0.15, 0.2) is 57.8 Å². The Bertz CT molecular complexity index is 1280. The van der Waals surface area contributed by atoms with Crippen LogP contribution in [0.3, 0.4) is 0 Å². The molecule has 3 heterocycles. The van der Waals surface area contributed by atoms with Crippen LogP contribution in [0.25, 0.3) is 10.9 Å². The first-order valence-electron chi connectivity index (χ1n) is 8.85. The third-order valence-corrected chi connectivity index (χ3v) is 4.53. The normalized spacial score (nSPS) is 13.4. The first kappa shape index (κ1) is 17.0. The maximum absolute atomic E-state index is 12.5. The fraction of sp³-hybridized carbons (Fsp3) is 0.158. The van der Waals surface area contributed by atoms with Gasteiger partial charge in [0.2, 0.25) is 5.89 Å². The Hall–Kier alpha value is -4.08. The third-order valence-electron chi connectivity index (χ3n) is 4.53. The van der Waals surface area contributed by atoms with E-state index in [0.717, 1.165) is 0 Å². The van der Waals surface area contributed by atoms with Crippen molar-refractivity contribution in [1.29, 1.82) is 0 Å². The number of ether oxygens (including phenoxy) is 1. The number of carbonyl (C=O) groups excluding carboxylic acids is 1. The van der Waals surface area contributed by atoms with E-state index in [-0.39, 0.29) is 42.9 Å². The summed E-state index contributed by atoms with van der Waals surface area (Å²) in [5, 5.41) is 12.3. The van der Waals surface area contributed by atoms with Crippen LogP contribution in [0.4, 0.5) is 5.69 Å². The molecule has 29 heavy (non-hydrogen) atoms. The number of amides is 1. The smallest absolute Gasteiger partial charge is 0.278 e. The van der Waals surface area contributed by atoms with E-state index in [4.69, 9.17) is 9.26 Å². The standard InChI is InChI=1S/C19H14N6O4/c26-18-11-28-15-8-4-3-7-14(15)24(18)10-17-20-16(22-29-17)9-25-19(27)12-5-1-2-6-13(12)21-23-25/h1-8H,9-11H2. The van der Waals surface area contributed by atoms with Gasteiger partial charge >= 0.3 is 0 Å². The minimum atomic E-state index is -0.292. The molecule has 0 saturated heterocycles. The van der Waals surface area contributed by atoms with Gasteiger partial charge in [-0.2, -0.15) is 4.98 Å². The number of para-hydroxylation sites is 2. The monoisotopic (exact) mass is 390 g/mol. The van der Waals surface area contributed by atoms with Crippen LogP contribution >= 0.6 is 0 Å². The summed E-state index contributed by atoms with van der Waals surface area (Å²) in [4.78, 5) is 30.6. The van der Waals surface area contributed by atoms with Gasteiger partial charge in [0, 0.05) is 0 Å². The molecular weight excluding hydrogens is 376 g/mol. The summed E-state index contributed by atoms with van der Waals surface area (Å²) in [7, 11) is 0. The van der Waals surface area contributed by atoms with E-state index >= 15 is 0 Å². The Morgan fingerprint density at radius 1 is 1.00 bits per heavy atom. The average molecular weight is 390 g/mol. The van der Waals surface area contributed by atoms with Crippen LogP contribution in [0, 0.1) is 0 Å². The molecule has 5 rings (SSSR count). The minimum Gasteiger partial charge on any atom is -0.482 e. The highest BCUT2D eigenvalue weighted by atomic mass is 16.5. The molecule has 0 N–H and O–H groups in total. The Balaban J connectivity index is 1.39. The maximum Gasteiger partial charge on any atom is 0.278 e. The number of anilines is 1. The van der Waals surface area contributed by atoms with Crippen molar-refractivity contribution in [3.05, 3.63) is 70.6 Å². The van der Waals surface area contributed by atoms with Crippen LogP contribution in [0.2, 0.25) is 0 Å². The number of nitrogens with zero attached hydrogens (tertiary/aromatic N) is 6. The topological polar surface area (TPSA) is 116 Å². The summed E-state index contributed by atoms with van der Waals surface area (Å²) in [5.74, 6) is 0.914. The fourth-order valence-corrected chi connectivity index (χ4v) is 3.14. The molecule has 0 aliphatic carbocycles. The fourth-order valence-electron chi connectivity index (χ4n) is 3.14. The Kier molecular flexibility index (Phi) is 4.01. The van der Waals surface area contributed by atoms with Crippen molar-refractivity contribution < 1.29 is 14.1 Å². The van der Waals surface area contributed by atoms with Crippen molar-refractivity contribution in [1.82, 2.24) is 25.1 Å². The lowest BCUT2D eigenvalue weighted by Crippen LogP contribution is -2.38. The molecular formula is C19H14N6O4. The molecule has 0 radical (unpaired) electrons. The summed E-state index contributed by atoms with van der Waals surface area (Å²) in [6, 6.07) is 14.2. The van der Waals surface area contributed by atoms with Crippen LogP contribution in [0.1, 0.15) is 11.7 Å². The lowest BCUT2D eigenvalue weighted by atomic mass is 10.2. The van der Waals surface area contributed by atoms with Gasteiger partial charge in [0.1, 0.15) is 24.4 Å². The summed E-state index contributed by atoms with van der Waals surface area (Å²) in [5.41, 5.74) is 0.867. The van der Waals surface area contributed by atoms with Crippen LogP contribution in [0.5, 0.6) is 5.75 Å². The van der Waals surface area contributed by atoms with Gasteiger partial charge in [-0.3, -0.25) is 14.5 Å². The van der Waals surface area contributed by atoms with E-state index in [0.29, 0.717) is 22.3 Å². The molecule has 0 unspecified atom stereocenters. The molecule has 1 amide bonds. The Morgan fingerprint density at radius 3 is 2.76 bits per heavy atom. The summed E-state index contributed by atoms with van der Waals surface area (Å²) in [6.07, 6.45) is 0. The summed E-state index contributed by atoms with van der Waals surface area (Å²) in [6.45, 7) is 0.0540. The molecule has 0 atom stereocenters. The van der Waals surface area contributed by atoms with Gasteiger partial charge < -0.3 is 9.26 Å². The van der Waals surface area contributed by atoms with Crippen molar-refractivity contribution >= 4 is 22.5 Å². The SMILES string of the molecule is O=C1COc2ccccc2N1Cc1nc(Cn2nnc3ccccc3c2=O)no1. The second kappa shape index (κ2) is 6.82. The van der Waals surface area contributed by atoms with Crippen LogP contribution in [-0.4, -0.2) is 37.6 Å². The van der Waals surface area contributed by atoms with E-state index in [2.05, 4.69) is 20.5 Å². The van der Waals surface area contributed by atoms with E-state index < -0.39 is 0 Å². The van der Waals surface area contributed by atoms with Crippen LogP contribution in [-0.2, 0) is 17.9 Å². The van der Waals surface area contributed by atoms with Crippen molar-refractivity contribution in [3.8, 4) is 5.75 Å². The third kappa shape index (κ3) is 3.10. The average Bonchev–Trinajstić information content (AvgIpc) is 3.19. The largest absolute Gasteiger partial charge is 0.482 e. The van der Waals surface area contributed by atoms with E-state index in [1.165, 1.54) is 9.58 Å². The highest BCUT2D eigenvalue weighted by Crippen LogP contribution is 2.32. The molecule has 10 heteroatoms. The predicted molar refractivity (Wildman–Crippen MR) is 100 cm³/mol. The first-order valence-corrected chi connectivity index (χ1v) is 8.85. The highest BCUT2D eigenvalue weighted by Gasteiger charge is 2.27. The van der Waals surface area contributed by atoms with Crippen molar-refractivity contribution in [2.45, 2.75) is 13.1 Å². The number of aromatic nitrogens is 5. The molecule has 0 fully saturated rings. The Labute approximate surface area is 163 Å². The molecule has 0 bridgehead atoms. The molecule has 0 saturated carbocycles. The second-order valence-corrected chi connectivity index (χ2v) is 6.41. The number of fused-ring (bicyclic) bond motifs is 2. The first-order chi connectivity index (χ1) is 14.2. The molecule has 0 spiro atoms. The molecule has 2 aromatic carbocycles. The molecule has 4 aromatic rings. The van der Waals surface area contributed by atoms with Crippen molar-refractivity contribution in [2.75, 3.05) is 11.5 Å². The lowest BCUT2D eigenvalue weighted by Gasteiger charge is -2.27. The summed E-state index contributed by atoms with van der Waals surface area (Å²) >= 11 is 0. The second-order valence-electron chi connectivity index (χ2n) is 6.41. The van der Waals surface area contributed by atoms with Crippen LogP contribution < -0.4 is 15.2 Å². The summed E-state index contributed by atoms with van der Waals surface area (Å²) < 4.78 is 11.9. The zero-order valence-electron chi connectivity index (χ0n) is 15.1. The quantitative estimate of drug-likeness (QED) is 0.509. The number of carbonyl (C=O) groups is 1. The van der Waals surface area contributed by atoms with Gasteiger partial charge in [-0.05, 0) is 24.3 Å². The number of benzene rings is 2. The minimum absolute atomic E-state index is 0.00775. The van der Waals surface area contributed by atoms with Gasteiger partial charge in [0.15, 0.2) is 12.4 Å². The molecule has 1 aliphatic heterocycles. The highest BCUT2D eigenvalue weighted by molar-refractivity contribution is 5.97. The van der Waals surface area contributed by atoms with Gasteiger partial charge in [-0.15, -0.1) is 5.10 Å². The maximum atomic E-state index is 12.5. The van der Waals surface area contributed by atoms with Gasteiger partial charge in [-0.1, -0.05) is 34.6 Å². The zero-order valence-corrected chi connectivity index (χ0v) is 15.1. The molecule has 1 aliphatic rings. The van der Waals surface area contributed by atoms with E-state index in [1.807, 2.05) is 12.1 Å². The molecule has 10 nitrogen and oxygen atoms in total. The molecule has 144 valence electrons. The van der Waals surface area contributed by atoms with Crippen molar-refractivity contribution in [2.24, 2.45) is 0 Å². The van der Waals surface area contributed by atoms with Crippen molar-refractivity contribution in [3.63, 3.8) is 0 Å². The van der Waals surface area contributed by atoms with Gasteiger partial charge in [0.25, 0.3) is 11.5 Å². The Morgan fingerprint density at radius 2 is 1.83 bits per heavy atom. The van der Waals surface area contributed by atoms with Gasteiger partial charge in [0.05, 0.1) is 11.1 Å². The van der Waals surface area contributed by atoms with Gasteiger partial charge in [-0.25, -0.2) is 4.68 Å². The predicted octanol–water partition coefficient (Wildman–Crippen LogP) is 1.15. The van der Waals surface area contributed by atoms with E-state index in [1.54, 1.807) is 36.4 Å². The van der Waals surface area contributed by atoms with E-state index in [9.17, 15) is 9.59 Å². The lowest BCUT2D eigenvalue weighted by molar-refractivity contribution is -0.121. The number of hydrogen-bond donors (Lipinski definition) is 0.